The molecule has 5 heteroatoms. The average molecular weight is 257 g/mol. The number of ether oxygens (including phenoxy) is 1. The zero-order chi connectivity index (χ0) is 13.4. The Balaban J connectivity index is 2.23. The predicted molar refractivity (Wildman–Crippen MR) is 66.7 cm³/mol. The predicted octanol–water partition coefficient (Wildman–Crippen LogP) is 0.846. The van der Waals surface area contributed by atoms with Crippen LogP contribution in [-0.4, -0.2) is 43.1 Å². The van der Waals surface area contributed by atoms with Crippen molar-refractivity contribution in [3.8, 4) is 0 Å². The molecule has 0 radical (unpaired) electrons. The number of hydrogen-bond donors (Lipinski definition) is 3. The van der Waals surface area contributed by atoms with Gasteiger partial charge in [-0.25, -0.2) is 4.39 Å². The van der Waals surface area contributed by atoms with E-state index in [9.17, 15) is 14.6 Å². The van der Waals surface area contributed by atoms with Gasteiger partial charge in [0, 0.05) is 13.7 Å². The van der Waals surface area contributed by atoms with Crippen molar-refractivity contribution in [3.63, 3.8) is 0 Å². The molecule has 0 heterocycles. The Kier molecular flexibility index (Phi) is 6.82. The summed E-state index contributed by atoms with van der Waals surface area (Å²) in [5.74, 6) is -0.359. The lowest BCUT2D eigenvalue weighted by Crippen LogP contribution is -2.26. The third-order valence-electron chi connectivity index (χ3n) is 2.58. The first-order chi connectivity index (χ1) is 8.63. The molecule has 0 aliphatic carbocycles. The number of benzene rings is 1. The summed E-state index contributed by atoms with van der Waals surface area (Å²) < 4.78 is 17.7. The summed E-state index contributed by atoms with van der Waals surface area (Å²) in [5, 5.41) is 22.2. The van der Waals surface area contributed by atoms with Gasteiger partial charge in [-0.2, -0.15) is 0 Å². The zero-order valence-electron chi connectivity index (χ0n) is 10.5. The van der Waals surface area contributed by atoms with Crippen molar-refractivity contribution in [3.05, 3.63) is 35.6 Å². The summed E-state index contributed by atoms with van der Waals surface area (Å²) in [6.45, 7) is 1.19. The van der Waals surface area contributed by atoms with E-state index in [0.29, 0.717) is 31.7 Å². The van der Waals surface area contributed by atoms with Crippen LogP contribution in [0.1, 0.15) is 18.1 Å². The highest BCUT2D eigenvalue weighted by Crippen LogP contribution is 2.12. The maximum absolute atomic E-state index is 12.9. The number of aliphatic hydroxyl groups is 2. The summed E-state index contributed by atoms with van der Waals surface area (Å²) in [4.78, 5) is 0. The zero-order valence-corrected chi connectivity index (χ0v) is 10.5. The van der Waals surface area contributed by atoms with E-state index in [0.717, 1.165) is 0 Å². The topological polar surface area (TPSA) is 61.7 Å². The molecule has 4 nitrogen and oxygen atoms in total. The van der Waals surface area contributed by atoms with Crippen molar-refractivity contribution in [2.24, 2.45) is 0 Å². The minimum absolute atomic E-state index is 0.300. The van der Waals surface area contributed by atoms with Crippen molar-refractivity contribution < 1.29 is 19.3 Å². The van der Waals surface area contributed by atoms with Crippen molar-refractivity contribution >= 4 is 0 Å². The fourth-order valence-corrected chi connectivity index (χ4v) is 1.61. The second-order valence-corrected chi connectivity index (χ2v) is 4.17. The molecule has 0 fully saturated rings. The fourth-order valence-electron chi connectivity index (χ4n) is 1.61. The molecule has 3 N–H and O–H groups in total. The SMILES string of the molecule is COCC(O)CCNCC(O)c1cccc(F)c1. The summed E-state index contributed by atoms with van der Waals surface area (Å²) in [6.07, 6.45) is -0.710. The van der Waals surface area contributed by atoms with E-state index in [1.54, 1.807) is 12.1 Å². The van der Waals surface area contributed by atoms with E-state index in [2.05, 4.69) is 5.32 Å². The van der Waals surface area contributed by atoms with Gasteiger partial charge in [-0.15, -0.1) is 0 Å². The second kappa shape index (κ2) is 8.16. The smallest absolute Gasteiger partial charge is 0.123 e. The number of halogens is 1. The van der Waals surface area contributed by atoms with Gasteiger partial charge in [0.1, 0.15) is 5.82 Å². The molecule has 2 unspecified atom stereocenters. The van der Waals surface area contributed by atoms with Crippen LogP contribution in [0.25, 0.3) is 0 Å². The molecule has 102 valence electrons. The van der Waals surface area contributed by atoms with Crippen LogP contribution in [-0.2, 0) is 4.74 Å². The maximum atomic E-state index is 12.9. The summed E-state index contributed by atoms with van der Waals surface area (Å²) in [5.41, 5.74) is 0.542. The van der Waals surface area contributed by atoms with Gasteiger partial charge in [0.2, 0.25) is 0 Å². The Morgan fingerprint density at radius 1 is 1.39 bits per heavy atom. The first-order valence-corrected chi connectivity index (χ1v) is 5.94. The lowest BCUT2D eigenvalue weighted by Gasteiger charge is -2.14. The minimum atomic E-state index is -0.750. The van der Waals surface area contributed by atoms with Crippen molar-refractivity contribution in [1.82, 2.24) is 5.32 Å². The van der Waals surface area contributed by atoms with E-state index in [4.69, 9.17) is 4.74 Å². The molecular formula is C13H20FNO3. The van der Waals surface area contributed by atoms with Gasteiger partial charge >= 0.3 is 0 Å². The Hall–Kier alpha value is -1.01. The summed E-state index contributed by atoms with van der Waals surface area (Å²) >= 11 is 0. The molecule has 1 aromatic carbocycles. The van der Waals surface area contributed by atoms with Crippen molar-refractivity contribution in [1.29, 1.82) is 0 Å². The fraction of sp³-hybridized carbons (Fsp3) is 0.538. The average Bonchev–Trinajstić information content (AvgIpc) is 2.35. The standard InChI is InChI=1S/C13H20FNO3/c1-18-9-12(16)5-6-15-8-13(17)10-3-2-4-11(14)7-10/h2-4,7,12-13,15-17H,5-6,8-9H2,1H3. The molecule has 0 aliphatic heterocycles. The normalized spacial score (nSPS) is 14.4. The molecule has 0 aromatic heterocycles. The van der Waals surface area contributed by atoms with E-state index in [-0.39, 0.29) is 5.82 Å². The lowest BCUT2D eigenvalue weighted by atomic mass is 10.1. The summed E-state index contributed by atoms with van der Waals surface area (Å²) in [6, 6.07) is 5.89. The molecule has 18 heavy (non-hydrogen) atoms. The number of hydrogen-bond acceptors (Lipinski definition) is 4. The van der Waals surface area contributed by atoms with E-state index in [1.165, 1.54) is 19.2 Å². The van der Waals surface area contributed by atoms with Gasteiger partial charge in [-0.3, -0.25) is 0 Å². The largest absolute Gasteiger partial charge is 0.391 e. The molecular weight excluding hydrogens is 237 g/mol. The van der Waals surface area contributed by atoms with E-state index in [1.807, 2.05) is 0 Å². The van der Waals surface area contributed by atoms with Gasteiger partial charge < -0.3 is 20.3 Å². The number of aliphatic hydroxyl groups excluding tert-OH is 2. The molecule has 1 rings (SSSR count). The van der Waals surface area contributed by atoms with Crippen LogP contribution in [0.4, 0.5) is 4.39 Å². The monoisotopic (exact) mass is 257 g/mol. The molecule has 0 amide bonds. The van der Waals surface area contributed by atoms with E-state index >= 15 is 0 Å². The molecule has 0 saturated carbocycles. The Morgan fingerprint density at radius 3 is 2.83 bits per heavy atom. The molecule has 0 aliphatic rings. The summed E-state index contributed by atoms with van der Waals surface area (Å²) in [7, 11) is 1.53. The van der Waals surface area contributed by atoms with E-state index < -0.39 is 12.2 Å². The molecule has 2 atom stereocenters. The Morgan fingerprint density at radius 2 is 2.17 bits per heavy atom. The van der Waals surface area contributed by atoms with Crippen LogP contribution < -0.4 is 5.32 Å². The van der Waals surface area contributed by atoms with Gasteiger partial charge in [0.25, 0.3) is 0 Å². The van der Waals surface area contributed by atoms with Crippen LogP contribution in [0.15, 0.2) is 24.3 Å². The molecule has 0 bridgehead atoms. The van der Waals surface area contributed by atoms with Crippen molar-refractivity contribution in [2.75, 3.05) is 26.8 Å². The quantitative estimate of drug-likeness (QED) is 0.604. The first-order valence-electron chi connectivity index (χ1n) is 5.94. The molecule has 0 saturated heterocycles. The van der Waals surface area contributed by atoms with Crippen LogP contribution in [0.5, 0.6) is 0 Å². The highest BCUT2D eigenvalue weighted by Gasteiger charge is 2.08. The Bertz CT molecular complexity index is 349. The van der Waals surface area contributed by atoms with Gasteiger partial charge in [0.05, 0.1) is 18.8 Å². The molecule has 0 spiro atoms. The highest BCUT2D eigenvalue weighted by molar-refractivity contribution is 5.18. The molecule has 1 aromatic rings. The van der Waals surface area contributed by atoms with Gasteiger partial charge in [-0.05, 0) is 30.7 Å². The number of rotatable bonds is 8. The highest BCUT2D eigenvalue weighted by atomic mass is 19.1. The lowest BCUT2D eigenvalue weighted by molar-refractivity contribution is 0.0586. The van der Waals surface area contributed by atoms with Crippen LogP contribution in [0.3, 0.4) is 0 Å². The number of methoxy groups -OCH3 is 1. The number of nitrogens with one attached hydrogen (secondary N) is 1. The minimum Gasteiger partial charge on any atom is -0.391 e. The Labute approximate surface area is 106 Å². The third-order valence-corrected chi connectivity index (χ3v) is 2.58. The van der Waals surface area contributed by atoms with Crippen molar-refractivity contribution in [2.45, 2.75) is 18.6 Å². The van der Waals surface area contributed by atoms with Crippen LogP contribution in [0, 0.1) is 5.82 Å². The van der Waals surface area contributed by atoms with Crippen LogP contribution >= 0.6 is 0 Å². The third kappa shape index (κ3) is 5.55. The van der Waals surface area contributed by atoms with Gasteiger partial charge in [0.15, 0.2) is 0 Å². The second-order valence-electron chi connectivity index (χ2n) is 4.17. The van der Waals surface area contributed by atoms with Gasteiger partial charge in [-0.1, -0.05) is 12.1 Å². The van der Waals surface area contributed by atoms with Crippen LogP contribution in [0.2, 0.25) is 0 Å². The maximum Gasteiger partial charge on any atom is 0.123 e. The first kappa shape index (κ1) is 15.0.